The number of aryl methyl sites for hydroxylation is 1. The number of halogens is 1. The fraction of sp³-hybridized carbons (Fsp3) is 0.308. The van der Waals surface area contributed by atoms with Gasteiger partial charge < -0.3 is 10.4 Å². The van der Waals surface area contributed by atoms with Gasteiger partial charge in [-0.25, -0.2) is 4.98 Å². The molecule has 0 amide bonds. The summed E-state index contributed by atoms with van der Waals surface area (Å²) in [6.45, 7) is 3.40. The second kappa shape index (κ2) is 6.18. The Balaban J connectivity index is 1.90. The molecule has 3 nitrogen and oxygen atoms in total. The van der Waals surface area contributed by atoms with Crippen molar-refractivity contribution in [3.05, 3.63) is 44.9 Å². The second-order valence-corrected chi connectivity index (χ2v) is 5.53. The second-order valence-electron chi connectivity index (χ2n) is 3.92. The molecule has 0 saturated heterocycles. The van der Waals surface area contributed by atoms with Gasteiger partial charge in [0.05, 0.1) is 5.02 Å². The minimum Gasteiger partial charge on any atom is -0.506 e. The summed E-state index contributed by atoms with van der Waals surface area (Å²) >= 11 is 7.56. The van der Waals surface area contributed by atoms with E-state index in [-0.39, 0.29) is 5.75 Å². The number of thiazole rings is 1. The molecule has 0 aliphatic rings. The summed E-state index contributed by atoms with van der Waals surface area (Å²) in [5.41, 5.74) is 0.801. The van der Waals surface area contributed by atoms with E-state index in [0.717, 1.165) is 17.0 Å². The van der Waals surface area contributed by atoms with Crippen LogP contribution in [0.1, 0.15) is 22.4 Å². The van der Waals surface area contributed by atoms with E-state index in [1.807, 2.05) is 18.3 Å². The van der Waals surface area contributed by atoms with Crippen LogP contribution in [-0.2, 0) is 19.5 Å². The Labute approximate surface area is 115 Å². The van der Waals surface area contributed by atoms with Crippen LogP contribution in [0.5, 0.6) is 5.75 Å². The van der Waals surface area contributed by atoms with Crippen LogP contribution in [0.15, 0.2) is 24.4 Å². The van der Waals surface area contributed by atoms with E-state index in [4.69, 9.17) is 11.6 Å². The molecule has 18 heavy (non-hydrogen) atoms. The molecule has 2 aromatic rings. The van der Waals surface area contributed by atoms with Gasteiger partial charge in [0.15, 0.2) is 0 Å². The molecular weight excluding hydrogens is 268 g/mol. The lowest BCUT2D eigenvalue weighted by molar-refractivity contribution is 0.464. The van der Waals surface area contributed by atoms with Gasteiger partial charge >= 0.3 is 0 Å². The van der Waals surface area contributed by atoms with Crippen molar-refractivity contribution in [2.45, 2.75) is 26.4 Å². The molecule has 1 aromatic heterocycles. The maximum atomic E-state index is 9.75. The molecule has 5 heteroatoms. The quantitative estimate of drug-likeness (QED) is 0.884. The minimum absolute atomic E-state index is 0.153. The summed E-state index contributed by atoms with van der Waals surface area (Å²) in [7, 11) is 0. The Morgan fingerprint density at radius 2 is 2.22 bits per heavy atom. The number of nitrogens with zero attached hydrogens (tertiary/aromatic N) is 1. The Kier molecular flexibility index (Phi) is 4.58. The number of phenolic OH excluding ortho intramolecular Hbond substituents is 1. The first-order chi connectivity index (χ1) is 8.70. The van der Waals surface area contributed by atoms with Crippen LogP contribution in [0, 0.1) is 0 Å². The first kappa shape index (κ1) is 13.3. The molecule has 0 fully saturated rings. The molecule has 2 rings (SSSR count). The zero-order valence-electron chi connectivity index (χ0n) is 10.1. The SMILES string of the molecule is CCc1cnc(CNCc2cccc(Cl)c2O)s1. The molecule has 0 bridgehead atoms. The van der Waals surface area contributed by atoms with Gasteiger partial charge in [-0.3, -0.25) is 0 Å². The maximum Gasteiger partial charge on any atom is 0.138 e. The number of benzene rings is 1. The third kappa shape index (κ3) is 3.22. The van der Waals surface area contributed by atoms with Crippen LogP contribution in [0.3, 0.4) is 0 Å². The van der Waals surface area contributed by atoms with Crippen LogP contribution in [0.25, 0.3) is 0 Å². The highest BCUT2D eigenvalue weighted by Gasteiger charge is 2.05. The minimum atomic E-state index is 0.153. The molecule has 1 aromatic carbocycles. The zero-order valence-corrected chi connectivity index (χ0v) is 11.7. The zero-order chi connectivity index (χ0) is 13.0. The van der Waals surface area contributed by atoms with Crippen molar-refractivity contribution in [3.63, 3.8) is 0 Å². The molecule has 0 saturated carbocycles. The average Bonchev–Trinajstić information content (AvgIpc) is 2.82. The molecule has 0 aliphatic carbocycles. The summed E-state index contributed by atoms with van der Waals surface area (Å²) in [5.74, 6) is 0.153. The average molecular weight is 283 g/mol. The summed E-state index contributed by atoms with van der Waals surface area (Å²) in [6, 6.07) is 5.36. The van der Waals surface area contributed by atoms with Crippen molar-refractivity contribution in [1.29, 1.82) is 0 Å². The van der Waals surface area contributed by atoms with Crippen molar-refractivity contribution in [2.24, 2.45) is 0 Å². The van der Waals surface area contributed by atoms with Crippen LogP contribution >= 0.6 is 22.9 Å². The number of hydrogen-bond donors (Lipinski definition) is 2. The molecule has 0 atom stereocenters. The standard InChI is InChI=1S/C13H15ClN2OS/c1-2-10-7-16-12(18-10)8-15-6-9-4-3-5-11(14)13(9)17/h3-5,7,15,17H,2,6,8H2,1H3. The Morgan fingerprint density at radius 3 is 2.94 bits per heavy atom. The largest absolute Gasteiger partial charge is 0.506 e. The summed E-state index contributed by atoms with van der Waals surface area (Å²) in [4.78, 5) is 5.61. The van der Waals surface area contributed by atoms with E-state index in [2.05, 4.69) is 17.2 Å². The van der Waals surface area contributed by atoms with Gasteiger partial charge in [0.2, 0.25) is 0 Å². The number of hydrogen-bond acceptors (Lipinski definition) is 4. The summed E-state index contributed by atoms with van der Waals surface area (Å²) in [5, 5.41) is 14.5. The normalized spacial score (nSPS) is 10.8. The van der Waals surface area contributed by atoms with Gasteiger partial charge in [-0.2, -0.15) is 0 Å². The van der Waals surface area contributed by atoms with Gasteiger partial charge in [-0.05, 0) is 12.5 Å². The Hall–Kier alpha value is -1.10. The highest BCUT2D eigenvalue weighted by Crippen LogP contribution is 2.26. The van der Waals surface area contributed by atoms with Crippen LogP contribution < -0.4 is 5.32 Å². The van der Waals surface area contributed by atoms with Crippen molar-refractivity contribution in [2.75, 3.05) is 0 Å². The fourth-order valence-electron chi connectivity index (χ4n) is 1.60. The third-order valence-corrected chi connectivity index (χ3v) is 4.06. The van der Waals surface area contributed by atoms with Gasteiger partial charge in [-0.1, -0.05) is 30.7 Å². The molecule has 2 N–H and O–H groups in total. The van der Waals surface area contributed by atoms with E-state index >= 15 is 0 Å². The number of para-hydroxylation sites is 1. The molecule has 0 aliphatic heterocycles. The van der Waals surface area contributed by atoms with Crippen molar-refractivity contribution in [1.82, 2.24) is 10.3 Å². The van der Waals surface area contributed by atoms with E-state index in [1.165, 1.54) is 4.88 Å². The van der Waals surface area contributed by atoms with Crippen molar-refractivity contribution < 1.29 is 5.11 Å². The molecule has 0 radical (unpaired) electrons. The number of aromatic nitrogens is 1. The Morgan fingerprint density at radius 1 is 1.39 bits per heavy atom. The molecule has 0 spiro atoms. The lowest BCUT2D eigenvalue weighted by atomic mass is 10.2. The fourth-order valence-corrected chi connectivity index (χ4v) is 2.63. The first-order valence-electron chi connectivity index (χ1n) is 5.81. The lowest BCUT2D eigenvalue weighted by Crippen LogP contribution is -2.12. The third-order valence-electron chi connectivity index (χ3n) is 2.61. The van der Waals surface area contributed by atoms with Gasteiger partial charge in [-0.15, -0.1) is 11.3 Å². The van der Waals surface area contributed by atoms with Gasteiger partial charge in [0, 0.05) is 29.7 Å². The summed E-state index contributed by atoms with van der Waals surface area (Å²) < 4.78 is 0. The van der Waals surface area contributed by atoms with Crippen LogP contribution in [0.4, 0.5) is 0 Å². The van der Waals surface area contributed by atoms with Crippen molar-refractivity contribution in [3.8, 4) is 5.75 Å². The van der Waals surface area contributed by atoms with Crippen LogP contribution in [0.2, 0.25) is 5.02 Å². The Bertz CT molecular complexity index is 527. The summed E-state index contributed by atoms with van der Waals surface area (Å²) in [6.07, 6.45) is 2.94. The highest BCUT2D eigenvalue weighted by atomic mass is 35.5. The highest BCUT2D eigenvalue weighted by molar-refractivity contribution is 7.11. The lowest BCUT2D eigenvalue weighted by Gasteiger charge is -2.06. The smallest absolute Gasteiger partial charge is 0.138 e. The van der Waals surface area contributed by atoms with E-state index in [9.17, 15) is 5.11 Å². The van der Waals surface area contributed by atoms with E-state index in [0.29, 0.717) is 18.1 Å². The maximum absolute atomic E-state index is 9.75. The number of nitrogens with one attached hydrogen (secondary N) is 1. The number of aromatic hydroxyl groups is 1. The van der Waals surface area contributed by atoms with E-state index in [1.54, 1.807) is 17.4 Å². The van der Waals surface area contributed by atoms with Gasteiger partial charge in [0.1, 0.15) is 10.8 Å². The number of rotatable bonds is 5. The van der Waals surface area contributed by atoms with Crippen LogP contribution in [-0.4, -0.2) is 10.1 Å². The molecule has 96 valence electrons. The predicted molar refractivity (Wildman–Crippen MR) is 75.2 cm³/mol. The monoisotopic (exact) mass is 282 g/mol. The molecule has 0 unspecified atom stereocenters. The first-order valence-corrected chi connectivity index (χ1v) is 7.00. The van der Waals surface area contributed by atoms with E-state index < -0.39 is 0 Å². The molecule has 1 heterocycles. The van der Waals surface area contributed by atoms with Gasteiger partial charge in [0.25, 0.3) is 0 Å². The topological polar surface area (TPSA) is 45.2 Å². The molecular formula is C13H15ClN2OS. The number of phenols is 1. The predicted octanol–water partition coefficient (Wildman–Crippen LogP) is 3.35. The van der Waals surface area contributed by atoms with Crippen molar-refractivity contribution >= 4 is 22.9 Å².